The monoisotopic (exact) mass is 542 g/mol. The number of ketones is 1. The number of aromatic nitrogens is 1. The number of fused-ring (bicyclic) bond motifs is 1. The van der Waals surface area contributed by atoms with E-state index in [4.69, 9.17) is 9.22 Å². The standard InChI is InChI=1S/C18H16N.C5H8O2.Ir/c1-12-4-5-15-6-7-17(19-18(15)11-12)16-9-13(2)8-14(3)10-16;1-4(6)3-5(2)7;/h4-9,11H,1-3H3;3,6H,1-2H3;/q-1;;/b;4-3-;/i3D3;;. The van der Waals surface area contributed by atoms with Gasteiger partial charge in [-0.3, -0.25) is 9.78 Å². The number of aliphatic hydroxyl groups is 1. The van der Waals surface area contributed by atoms with Gasteiger partial charge in [-0.05, 0) is 43.5 Å². The van der Waals surface area contributed by atoms with Crippen LogP contribution in [0.15, 0.2) is 54.3 Å². The van der Waals surface area contributed by atoms with Gasteiger partial charge in [-0.25, -0.2) is 0 Å². The van der Waals surface area contributed by atoms with Crippen molar-refractivity contribution in [2.75, 3.05) is 0 Å². The summed E-state index contributed by atoms with van der Waals surface area (Å²) < 4.78 is 22.7. The SMILES string of the molecule is CC(=O)/C=C(/C)O.[2H]C([2H])([2H])c1[c-]c(-c2ccc3ccc(C)cc3n2)cc(C)c1.[Ir]. The smallest absolute Gasteiger partial charge is 0.155 e. The normalized spacial score (nSPS) is 12.7. The number of pyridine rings is 1. The van der Waals surface area contributed by atoms with Gasteiger partial charge in [0.1, 0.15) is 0 Å². The molecule has 3 nitrogen and oxygen atoms in total. The molecule has 1 aromatic heterocycles. The van der Waals surface area contributed by atoms with Crippen molar-refractivity contribution in [1.82, 2.24) is 4.98 Å². The summed E-state index contributed by atoms with van der Waals surface area (Å²) >= 11 is 0. The van der Waals surface area contributed by atoms with Gasteiger partial charge in [-0.15, -0.1) is 34.9 Å². The molecule has 4 heteroatoms. The first kappa shape index (κ1) is 18.1. The molecule has 0 atom stereocenters. The molecule has 0 saturated heterocycles. The van der Waals surface area contributed by atoms with Crippen molar-refractivity contribution in [2.45, 2.75) is 34.5 Å². The minimum atomic E-state index is -2.16. The Morgan fingerprint density at radius 2 is 1.81 bits per heavy atom. The predicted molar refractivity (Wildman–Crippen MR) is 107 cm³/mol. The molecule has 2 aromatic carbocycles. The summed E-state index contributed by atoms with van der Waals surface area (Å²) in [6.45, 7) is 4.60. The first-order valence-electron chi connectivity index (χ1n) is 9.76. The van der Waals surface area contributed by atoms with E-state index in [0.29, 0.717) is 0 Å². The number of benzene rings is 2. The Labute approximate surface area is 178 Å². The quantitative estimate of drug-likeness (QED) is 0.259. The topological polar surface area (TPSA) is 50.2 Å². The van der Waals surface area contributed by atoms with Crippen molar-refractivity contribution in [1.29, 1.82) is 0 Å². The van der Waals surface area contributed by atoms with E-state index in [2.05, 4.69) is 17.1 Å². The number of aliphatic hydroxyl groups excluding tert-OH is 1. The molecule has 0 aliphatic rings. The number of hydrogen-bond donors (Lipinski definition) is 1. The van der Waals surface area contributed by atoms with Crippen molar-refractivity contribution in [3.63, 3.8) is 0 Å². The molecule has 0 aliphatic carbocycles. The molecule has 1 heterocycles. The molecule has 3 rings (SSSR count). The van der Waals surface area contributed by atoms with Gasteiger partial charge in [-0.2, -0.15) is 0 Å². The van der Waals surface area contributed by atoms with Crippen LogP contribution in [0.25, 0.3) is 22.2 Å². The van der Waals surface area contributed by atoms with Crippen LogP contribution in [0.3, 0.4) is 0 Å². The molecule has 1 radical (unpaired) electrons. The maximum absolute atomic E-state index is 10.0. The van der Waals surface area contributed by atoms with E-state index in [9.17, 15) is 4.79 Å². The Kier molecular flexibility index (Phi) is 6.80. The van der Waals surface area contributed by atoms with Gasteiger partial charge >= 0.3 is 0 Å². The molecule has 143 valence electrons. The van der Waals surface area contributed by atoms with Crippen LogP contribution >= 0.6 is 0 Å². The number of allylic oxidation sites excluding steroid dienone is 2. The van der Waals surface area contributed by atoms with Crippen LogP contribution in [0.5, 0.6) is 0 Å². The Morgan fingerprint density at radius 3 is 2.41 bits per heavy atom. The molecule has 1 N–H and O–H groups in total. The largest absolute Gasteiger partial charge is 0.512 e. The first-order valence-corrected chi connectivity index (χ1v) is 8.26. The molecule has 0 saturated carbocycles. The van der Waals surface area contributed by atoms with E-state index in [-0.39, 0.29) is 37.2 Å². The molecule has 0 spiro atoms. The van der Waals surface area contributed by atoms with Crippen LogP contribution in [0.2, 0.25) is 0 Å². The number of aryl methyl sites for hydroxylation is 3. The summed E-state index contributed by atoms with van der Waals surface area (Å²) in [4.78, 5) is 14.7. The van der Waals surface area contributed by atoms with E-state index in [0.717, 1.165) is 33.3 Å². The molecule has 0 aliphatic heterocycles. The molecule has 27 heavy (non-hydrogen) atoms. The van der Waals surface area contributed by atoms with Crippen LogP contribution in [0.1, 0.15) is 34.7 Å². The third-order valence-corrected chi connectivity index (χ3v) is 3.55. The van der Waals surface area contributed by atoms with Crippen molar-refractivity contribution >= 4 is 16.7 Å². The van der Waals surface area contributed by atoms with Crippen molar-refractivity contribution in [2.24, 2.45) is 0 Å². The zero-order valence-electron chi connectivity index (χ0n) is 18.8. The van der Waals surface area contributed by atoms with Crippen molar-refractivity contribution < 1.29 is 34.1 Å². The summed E-state index contributed by atoms with van der Waals surface area (Å²) in [5.41, 5.74) is 4.64. The molecular weight excluding hydrogens is 514 g/mol. The first-order chi connectivity index (χ1) is 13.5. The van der Waals surface area contributed by atoms with Gasteiger partial charge < -0.3 is 5.11 Å². The van der Waals surface area contributed by atoms with Gasteiger partial charge in [0.15, 0.2) is 5.78 Å². The van der Waals surface area contributed by atoms with E-state index in [1.165, 1.54) is 19.9 Å². The number of hydrogen-bond acceptors (Lipinski definition) is 3. The van der Waals surface area contributed by atoms with Gasteiger partial charge in [0.2, 0.25) is 0 Å². The average Bonchev–Trinajstić information content (AvgIpc) is 2.59. The second-order valence-corrected chi connectivity index (χ2v) is 6.27. The Morgan fingerprint density at radius 1 is 1.11 bits per heavy atom. The third-order valence-electron chi connectivity index (χ3n) is 3.55. The van der Waals surface area contributed by atoms with E-state index < -0.39 is 6.85 Å². The fourth-order valence-corrected chi connectivity index (χ4v) is 2.52. The van der Waals surface area contributed by atoms with Crippen molar-refractivity contribution in [3.8, 4) is 11.3 Å². The predicted octanol–water partition coefficient (Wildman–Crippen LogP) is 5.66. The molecule has 3 aromatic rings. The zero-order valence-corrected chi connectivity index (χ0v) is 18.1. The summed E-state index contributed by atoms with van der Waals surface area (Å²) in [6.07, 6.45) is 1.17. The fraction of sp³-hybridized carbons (Fsp3) is 0.217. The number of nitrogens with zero attached hydrogens (tertiary/aromatic N) is 1. The van der Waals surface area contributed by atoms with Crippen molar-refractivity contribution in [3.05, 3.63) is 77.1 Å². The zero-order chi connectivity index (χ0) is 21.8. The summed E-state index contributed by atoms with van der Waals surface area (Å²) in [5.74, 6) is -0.0625. The van der Waals surface area contributed by atoms with Crippen LogP contribution in [0.4, 0.5) is 0 Å². The Balaban J connectivity index is 0.000000489. The number of rotatable bonds is 2. The number of carbonyl (C=O) groups is 1. The van der Waals surface area contributed by atoms with E-state index in [1.807, 2.05) is 44.2 Å². The molecule has 0 fully saturated rings. The van der Waals surface area contributed by atoms with Gasteiger partial charge in [0, 0.05) is 30.3 Å². The minimum absolute atomic E-state index is 0. The summed E-state index contributed by atoms with van der Waals surface area (Å²) in [7, 11) is 0. The minimum Gasteiger partial charge on any atom is -0.512 e. The summed E-state index contributed by atoms with van der Waals surface area (Å²) in [6, 6.07) is 16.6. The second-order valence-electron chi connectivity index (χ2n) is 6.27. The molecular formula is C23H24IrNO2-. The third kappa shape index (κ3) is 7.09. The van der Waals surface area contributed by atoms with E-state index >= 15 is 0 Å². The van der Waals surface area contributed by atoms with Crippen LogP contribution in [0, 0.1) is 26.8 Å². The second kappa shape index (κ2) is 10.1. The molecule has 0 bridgehead atoms. The molecule has 0 amide bonds. The Hall–Kier alpha value is -2.29. The molecule has 0 unspecified atom stereocenters. The van der Waals surface area contributed by atoms with E-state index in [1.54, 1.807) is 6.07 Å². The van der Waals surface area contributed by atoms with Gasteiger partial charge in [0.25, 0.3) is 0 Å². The fourth-order valence-electron chi connectivity index (χ4n) is 2.52. The average molecular weight is 542 g/mol. The maximum Gasteiger partial charge on any atom is 0.155 e. The van der Waals surface area contributed by atoms with Crippen LogP contribution in [-0.4, -0.2) is 15.9 Å². The van der Waals surface area contributed by atoms with Gasteiger partial charge in [0.05, 0.1) is 11.3 Å². The maximum atomic E-state index is 10.0. The van der Waals surface area contributed by atoms with Crippen LogP contribution < -0.4 is 0 Å². The number of carbonyl (C=O) groups excluding carboxylic acids is 1. The summed E-state index contributed by atoms with van der Waals surface area (Å²) in [5, 5.41) is 9.43. The van der Waals surface area contributed by atoms with Gasteiger partial charge in [-0.1, -0.05) is 38.0 Å². The van der Waals surface area contributed by atoms with Crippen LogP contribution in [-0.2, 0) is 24.9 Å². The Bertz CT molecular complexity index is 1070.